The van der Waals surface area contributed by atoms with Gasteiger partial charge in [-0.3, -0.25) is 4.90 Å². The molecule has 19 heavy (non-hydrogen) atoms. The molecular weight excluding hydrogens is 242 g/mol. The van der Waals surface area contributed by atoms with Crippen molar-refractivity contribution in [3.8, 4) is 0 Å². The average molecular weight is 263 g/mol. The Hall–Kier alpha value is -1.62. The minimum absolute atomic E-state index is 0.252. The first-order valence-corrected chi connectivity index (χ1v) is 6.68. The number of carboxylic acid groups (broad SMARTS) is 1. The van der Waals surface area contributed by atoms with Crippen LogP contribution in [-0.4, -0.2) is 53.2 Å². The molecule has 0 aliphatic carbocycles. The van der Waals surface area contributed by atoms with E-state index in [-0.39, 0.29) is 5.56 Å². The molecule has 1 fully saturated rings. The Labute approximate surface area is 113 Å². The maximum Gasteiger partial charge on any atom is 0.337 e. The van der Waals surface area contributed by atoms with Crippen molar-refractivity contribution in [1.82, 2.24) is 9.88 Å². The molecule has 1 aromatic heterocycles. The second-order valence-electron chi connectivity index (χ2n) is 5.29. The van der Waals surface area contributed by atoms with E-state index in [4.69, 9.17) is 5.11 Å². The number of pyridine rings is 1. The van der Waals surface area contributed by atoms with Crippen LogP contribution in [0.5, 0.6) is 0 Å². The summed E-state index contributed by atoms with van der Waals surface area (Å²) in [5.41, 5.74) is 1.18. The number of rotatable bonds is 3. The number of nitrogens with zero attached hydrogens (tertiary/aromatic N) is 3. The molecule has 5 nitrogen and oxygen atoms in total. The van der Waals surface area contributed by atoms with Gasteiger partial charge in [0.2, 0.25) is 0 Å². The van der Waals surface area contributed by atoms with E-state index in [0.29, 0.717) is 6.04 Å². The molecule has 5 heteroatoms. The fraction of sp³-hybridized carbons (Fsp3) is 0.571. The van der Waals surface area contributed by atoms with Crippen molar-refractivity contribution in [2.24, 2.45) is 0 Å². The SMILES string of the molecule is Cc1cc(C(=O)O)cnc1N1CCN(C(C)C)CC1. The standard InChI is InChI=1S/C14H21N3O2/c1-10(2)16-4-6-17(7-5-16)13-11(3)8-12(9-15-13)14(18)19/h8-10H,4-7H2,1-3H3,(H,18,19). The lowest BCUT2D eigenvalue weighted by atomic mass is 10.1. The number of aryl methyl sites for hydroxylation is 1. The summed E-state index contributed by atoms with van der Waals surface area (Å²) >= 11 is 0. The third-order valence-corrected chi connectivity index (χ3v) is 3.64. The summed E-state index contributed by atoms with van der Waals surface area (Å²) in [6.45, 7) is 10.3. The van der Waals surface area contributed by atoms with Crippen LogP contribution in [0.25, 0.3) is 0 Å². The van der Waals surface area contributed by atoms with E-state index in [1.54, 1.807) is 6.07 Å². The number of carbonyl (C=O) groups is 1. The Morgan fingerprint density at radius 3 is 2.42 bits per heavy atom. The highest BCUT2D eigenvalue weighted by Gasteiger charge is 2.21. The predicted molar refractivity (Wildman–Crippen MR) is 74.9 cm³/mol. The van der Waals surface area contributed by atoms with E-state index in [9.17, 15) is 4.79 Å². The van der Waals surface area contributed by atoms with Gasteiger partial charge in [0.05, 0.1) is 5.56 Å². The molecule has 1 N–H and O–H groups in total. The molecule has 0 bridgehead atoms. The maximum atomic E-state index is 10.9. The van der Waals surface area contributed by atoms with E-state index in [2.05, 4.69) is 28.6 Å². The molecular formula is C14H21N3O2. The van der Waals surface area contributed by atoms with E-state index < -0.39 is 5.97 Å². The van der Waals surface area contributed by atoms with Gasteiger partial charge in [-0.15, -0.1) is 0 Å². The smallest absolute Gasteiger partial charge is 0.337 e. The van der Waals surface area contributed by atoms with Crippen LogP contribution in [-0.2, 0) is 0 Å². The normalized spacial score (nSPS) is 16.9. The highest BCUT2D eigenvalue weighted by Crippen LogP contribution is 2.20. The number of aromatic nitrogens is 1. The number of anilines is 1. The number of hydrogen-bond acceptors (Lipinski definition) is 4. The minimum Gasteiger partial charge on any atom is -0.478 e. The molecule has 0 saturated carbocycles. The largest absolute Gasteiger partial charge is 0.478 e. The quantitative estimate of drug-likeness (QED) is 0.898. The van der Waals surface area contributed by atoms with E-state index in [1.165, 1.54) is 6.20 Å². The summed E-state index contributed by atoms with van der Waals surface area (Å²) < 4.78 is 0. The lowest BCUT2D eigenvalue weighted by Crippen LogP contribution is -2.49. The zero-order valence-electron chi connectivity index (χ0n) is 11.8. The first-order valence-electron chi connectivity index (χ1n) is 6.68. The monoisotopic (exact) mass is 263 g/mol. The molecule has 0 spiro atoms. The fourth-order valence-electron chi connectivity index (χ4n) is 2.47. The van der Waals surface area contributed by atoms with E-state index in [1.807, 2.05) is 6.92 Å². The van der Waals surface area contributed by atoms with Crippen LogP contribution in [0.15, 0.2) is 12.3 Å². The number of aromatic carboxylic acids is 1. The fourth-order valence-corrected chi connectivity index (χ4v) is 2.47. The van der Waals surface area contributed by atoms with Gasteiger partial charge in [0.25, 0.3) is 0 Å². The summed E-state index contributed by atoms with van der Waals surface area (Å²) in [7, 11) is 0. The molecule has 2 heterocycles. The Kier molecular flexibility index (Phi) is 4.04. The van der Waals surface area contributed by atoms with Gasteiger partial charge < -0.3 is 10.0 Å². The Balaban J connectivity index is 2.09. The van der Waals surface area contributed by atoms with Gasteiger partial charge in [0, 0.05) is 38.4 Å². The summed E-state index contributed by atoms with van der Waals surface area (Å²) in [4.78, 5) is 19.9. The lowest BCUT2D eigenvalue weighted by molar-refractivity contribution is 0.0696. The van der Waals surface area contributed by atoms with Crippen molar-refractivity contribution >= 4 is 11.8 Å². The zero-order chi connectivity index (χ0) is 14.0. The molecule has 104 valence electrons. The highest BCUT2D eigenvalue weighted by molar-refractivity contribution is 5.87. The number of carboxylic acids is 1. The van der Waals surface area contributed by atoms with Crippen molar-refractivity contribution in [2.75, 3.05) is 31.1 Å². The van der Waals surface area contributed by atoms with Crippen molar-refractivity contribution in [2.45, 2.75) is 26.8 Å². The van der Waals surface area contributed by atoms with Crippen LogP contribution in [0, 0.1) is 6.92 Å². The molecule has 1 saturated heterocycles. The summed E-state index contributed by atoms with van der Waals surface area (Å²) in [5.74, 6) is -0.0137. The van der Waals surface area contributed by atoms with Crippen LogP contribution in [0.3, 0.4) is 0 Å². The summed E-state index contributed by atoms with van der Waals surface area (Å²) in [6, 6.07) is 2.27. The minimum atomic E-state index is -0.924. The Morgan fingerprint density at radius 2 is 1.95 bits per heavy atom. The molecule has 1 aliphatic rings. The second kappa shape index (κ2) is 5.57. The third kappa shape index (κ3) is 3.04. The predicted octanol–water partition coefficient (Wildman–Crippen LogP) is 1.62. The Bertz CT molecular complexity index is 466. The number of hydrogen-bond donors (Lipinski definition) is 1. The van der Waals surface area contributed by atoms with Gasteiger partial charge in [0.15, 0.2) is 0 Å². The lowest BCUT2D eigenvalue weighted by Gasteiger charge is -2.38. The van der Waals surface area contributed by atoms with Crippen molar-refractivity contribution in [1.29, 1.82) is 0 Å². The van der Waals surface area contributed by atoms with Crippen LogP contribution in [0.2, 0.25) is 0 Å². The summed E-state index contributed by atoms with van der Waals surface area (Å²) in [6.07, 6.45) is 1.44. The van der Waals surface area contributed by atoms with Crippen LogP contribution < -0.4 is 4.90 Å². The third-order valence-electron chi connectivity index (χ3n) is 3.64. The van der Waals surface area contributed by atoms with Gasteiger partial charge in [-0.25, -0.2) is 9.78 Å². The van der Waals surface area contributed by atoms with Gasteiger partial charge >= 0.3 is 5.97 Å². The van der Waals surface area contributed by atoms with E-state index >= 15 is 0 Å². The van der Waals surface area contributed by atoms with Crippen LogP contribution >= 0.6 is 0 Å². The molecule has 0 unspecified atom stereocenters. The summed E-state index contributed by atoms with van der Waals surface area (Å²) in [5, 5.41) is 8.95. The highest BCUT2D eigenvalue weighted by atomic mass is 16.4. The molecule has 0 amide bonds. The Morgan fingerprint density at radius 1 is 1.32 bits per heavy atom. The van der Waals surface area contributed by atoms with E-state index in [0.717, 1.165) is 37.6 Å². The van der Waals surface area contributed by atoms with Gasteiger partial charge in [-0.2, -0.15) is 0 Å². The van der Waals surface area contributed by atoms with Crippen molar-refractivity contribution in [3.63, 3.8) is 0 Å². The molecule has 1 aliphatic heterocycles. The molecule has 1 aromatic rings. The second-order valence-corrected chi connectivity index (χ2v) is 5.29. The topological polar surface area (TPSA) is 56.7 Å². The van der Waals surface area contributed by atoms with Crippen LogP contribution in [0.4, 0.5) is 5.82 Å². The molecule has 2 rings (SSSR count). The first kappa shape index (κ1) is 13.8. The number of piperazine rings is 1. The first-order chi connectivity index (χ1) is 8.99. The molecule has 0 aromatic carbocycles. The molecule has 0 atom stereocenters. The van der Waals surface area contributed by atoms with Gasteiger partial charge in [-0.05, 0) is 32.4 Å². The van der Waals surface area contributed by atoms with Gasteiger partial charge in [0.1, 0.15) is 5.82 Å². The van der Waals surface area contributed by atoms with Crippen molar-refractivity contribution in [3.05, 3.63) is 23.4 Å². The van der Waals surface area contributed by atoms with Gasteiger partial charge in [-0.1, -0.05) is 0 Å². The zero-order valence-corrected chi connectivity index (χ0v) is 11.8. The van der Waals surface area contributed by atoms with Crippen LogP contribution in [0.1, 0.15) is 29.8 Å². The molecule has 0 radical (unpaired) electrons. The van der Waals surface area contributed by atoms with Crippen molar-refractivity contribution < 1.29 is 9.90 Å². The average Bonchev–Trinajstić information content (AvgIpc) is 2.38. The maximum absolute atomic E-state index is 10.9.